The van der Waals surface area contributed by atoms with E-state index in [-0.39, 0.29) is 29.2 Å². The molecule has 3 aromatic rings. The van der Waals surface area contributed by atoms with Gasteiger partial charge in [0.1, 0.15) is 17.8 Å². The molecular formula is C18H20F2N6O2. The summed E-state index contributed by atoms with van der Waals surface area (Å²) in [6, 6.07) is 1.37. The number of nitrogens with zero attached hydrogens (tertiary/aromatic N) is 6. The molecule has 0 aliphatic carbocycles. The Morgan fingerprint density at radius 1 is 1.32 bits per heavy atom. The summed E-state index contributed by atoms with van der Waals surface area (Å²) in [7, 11) is 0. The second-order valence-corrected chi connectivity index (χ2v) is 7.14. The van der Waals surface area contributed by atoms with Crippen molar-refractivity contribution in [1.29, 1.82) is 0 Å². The Hall–Kier alpha value is -2.91. The summed E-state index contributed by atoms with van der Waals surface area (Å²) in [6.07, 6.45) is -0.689. The quantitative estimate of drug-likeness (QED) is 0.683. The van der Waals surface area contributed by atoms with Gasteiger partial charge in [0, 0.05) is 25.9 Å². The van der Waals surface area contributed by atoms with Crippen LogP contribution in [0.3, 0.4) is 0 Å². The van der Waals surface area contributed by atoms with Gasteiger partial charge in [0.15, 0.2) is 11.6 Å². The van der Waals surface area contributed by atoms with Crippen LogP contribution < -0.4 is 0 Å². The molecule has 4 heterocycles. The first-order valence-corrected chi connectivity index (χ1v) is 9.07. The summed E-state index contributed by atoms with van der Waals surface area (Å²) < 4.78 is 33.5. The van der Waals surface area contributed by atoms with Crippen LogP contribution in [-0.2, 0) is 0 Å². The summed E-state index contributed by atoms with van der Waals surface area (Å²) in [5.74, 6) is 0.805. The van der Waals surface area contributed by atoms with Gasteiger partial charge >= 0.3 is 0 Å². The minimum absolute atomic E-state index is 0.131. The number of alkyl halides is 2. The van der Waals surface area contributed by atoms with Crippen LogP contribution >= 0.6 is 0 Å². The molecular weight excluding hydrogens is 370 g/mol. The molecule has 4 rings (SSSR count). The van der Waals surface area contributed by atoms with Crippen LogP contribution in [0.25, 0.3) is 5.78 Å². The Morgan fingerprint density at radius 3 is 2.79 bits per heavy atom. The Balaban J connectivity index is 1.70. The number of hydrogen-bond acceptors (Lipinski definition) is 6. The molecule has 1 amide bonds. The Kier molecular flexibility index (Phi) is 4.56. The molecule has 0 bridgehead atoms. The third-order valence-corrected chi connectivity index (χ3v) is 5.25. The monoisotopic (exact) mass is 390 g/mol. The molecule has 0 saturated carbocycles. The fraction of sp³-hybridized carbons (Fsp3) is 0.500. The smallest absolute Gasteiger partial charge is 0.280 e. The number of oxazole rings is 1. The molecule has 1 aliphatic rings. The van der Waals surface area contributed by atoms with E-state index in [0.29, 0.717) is 36.1 Å². The maximum Gasteiger partial charge on any atom is 0.280 e. The topological polar surface area (TPSA) is 89.4 Å². The van der Waals surface area contributed by atoms with Crippen LogP contribution in [0.15, 0.2) is 16.8 Å². The number of fused-ring (bicyclic) bond motifs is 1. The lowest BCUT2D eigenvalue weighted by atomic mass is 9.84. The summed E-state index contributed by atoms with van der Waals surface area (Å²) in [5, 5.41) is 4.14. The average molecular weight is 390 g/mol. The van der Waals surface area contributed by atoms with Crippen molar-refractivity contribution >= 4 is 11.7 Å². The van der Waals surface area contributed by atoms with Gasteiger partial charge in [0.05, 0.1) is 5.69 Å². The van der Waals surface area contributed by atoms with Gasteiger partial charge in [0.25, 0.3) is 18.1 Å². The number of amides is 1. The predicted molar refractivity (Wildman–Crippen MR) is 94.1 cm³/mol. The van der Waals surface area contributed by atoms with E-state index in [9.17, 15) is 13.6 Å². The summed E-state index contributed by atoms with van der Waals surface area (Å²) >= 11 is 0. The zero-order chi connectivity index (χ0) is 20.0. The maximum absolute atomic E-state index is 13.3. The average Bonchev–Trinajstić information content (AvgIpc) is 3.26. The molecule has 0 N–H and O–H groups in total. The molecule has 2 atom stereocenters. The van der Waals surface area contributed by atoms with Crippen LogP contribution in [-0.4, -0.2) is 48.5 Å². The standard InChI is InChI=1S/C18H20F2N6O2/c1-9-4-5-25(17(27)15-10(2)28-11(3)23-15)7-12(9)14-6-13(16(19)20)24-18-21-8-22-26(14)18/h6,8-9,12,16H,4-5,7H2,1-3H3/t9-,12-/m1/s1. The summed E-state index contributed by atoms with van der Waals surface area (Å²) in [4.78, 5) is 26.7. The SMILES string of the molecule is Cc1nc(C(=O)N2CC[C@@H](C)[C@H](c3cc(C(F)F)nc4ncnn34)C2)c(C)o1. The van der Waals surface area contributed by atoms with Gasteiger partial charge in [-0.05, 0) is 25.3 Å². The molecule has 1 fully saturated rings. The van der Waals surface area contributed by atoms with Crippen molar-refractivity contribution in [3.8, 4) is 0 Å². The normalized spacial score (nSPS) is 20.3. The van der Waals surface area contributed by atoms with E-state index >= 15 is 0 Å². The Bertz CT molecular complexity index is 1030. The first-order chi connectivity index (χ1) is 13.3. The fourth-order valence-electron chi connectivity index (χ4n) is 3.75. The van der Waals surface area contributed by atoms with Gasteiger partial charge in [-0.3, -0.25) is 4.79 Å². The highest BCUT2D eigenvalue weighted by molar-refractivity contribution is 5.93. The number of hydrogen-bond donors (Lipinski definition) is 0. The highest BCUT2D eigenvalue weighted by Gasteiger charge is 2.34. The van der Waals surface area contributed by atoms with Gasteiger partial charge in [-0.2, -0.15) is 10.1 Å². The van der Waals surface area contributed by atoms with E-state index < -0.39 is 6.43 Å². The van der Waals surface area contributed by atoms with E-state index in [2.05, 4.69) is 20.1 Å². The van der Waals surface area contributed by atoms with Crippen LogP contribution in [0.4, 0.5) is 8.78 Å². The second-order valence-electron chi connectivity index (χ2n) is 7.14. The fourth-order valence-corrected chi connectivity index (χ4v) is 3.75. The second kappa shape index (κ2) is 6.92. The van der Waals surface area contributed by atoms with Crippen LogP contribution in [0.5, 0.6) is 0 Å². The summed E-state index contributed by atoms with van der Waals surface area (Å²) in [5.41, 5.74) is 0.532. The largest absolute Gasteiger partial charge is 0.445 e. The van der Waals surface area contributed by atoms with E-state index in [1.807, 2.05) is 6.92 Å². The molecule has 1 saturated heterocycles. The van der Waals surface area contributed by atoms with Crippen molar-refractivity contribution in [2.45, 2.75) is 39.5 Å². The van der Waals surface area contributed by atoms with Crippen molar-refractivity contribution in [3.05, 3.63) is 41.1 Å². The van der Waals surface area contributed by atoms with Crippen molar-refractivity contribution in [3.63, 3.8) is 0 Å². The van der Waals surface area contributed by atoms with Crippen molar-refractivity contribution in [2.24, 2.45) is 5.92 Å². The number of carbonyl (C=O) groups is 1. The van der Waals surface area contributed by atoms with Gasteiger partial charge in [-0.25, -0.2) is 23.3 Å². The number of aryl methyl sites for hydroxylation is 2. The highest BCUT2D eigenvalue weighted by atomic mass is 19.3. The maximum atomic E-state index is 13.3. The van der Waals surface area contributed by atoms with Gasteiger partial charge in [-0.15, -0.1) is 0 Å². The molecule has 3 aromatic heterocycles. The lowest BCUT2D eigenvalue weighted by Gasteiger charge is -2.37. The number of likely N-dealkylation sites (tertiary alicyclic amines) is 1. The minimum atomic E-state index is -2.71. The number of aromatic nitrogens is 5. The first-order valence-electron chi connectivity index (χ1n) is 9.07. The molecule has 0 radical (unpaired) electrons. The number of piperidine rings is 1. The van der Waals surface area contributed by atoms with E-state index in [0.717, 1.165) is 6.42 Å². The molecule has 148 valence electrons. The van der Waals surface area contributed by atoms with Crippen molar-refractivity contribution in [2.75, 3.05) is 13.1 Å². The zero-order valence-electron chi connectivity index (χ0n) is 15.8. The predicted octanol–water partition coefficient (Wildman–Crippen LogP) is 2.93. The lowest BCUT2D eigenvalue weighted by molar-refractivity contribution is 0.0658. The van der Waals surface area contributed by atoms with Crippen molar-refractivity contribution < 1.29 is 18.0 Å². The molecule has 1 aliphatic heterocycles. The van der Waals surface area contributed by atoms with Gasteiger partial charge in [-0.1, -0.05) is 6.92 Å². The van der Waals surface area contributed by atoms with Crippen LogP contribution in [0.1, 0.15) is 59.2 Å². The lowest BCUT2D eigenvalue weighted by Crippen LogP contribution is -2.43. The number of rotatable bonds is 3. The van der Waals surface area contributed by atoms with Gasteiger partial charge in [0.2, 0.25) is 0 Å². The molecule has 0 spiro atoms. The third kappa shape index (κ3) is 3.12. The number of halogens is 2. The van der Waals surface area contributed by atoms with E-state index in [1.54, 1.807) is 18.7 Å². The molecule has 8 nitrogen and oxygen atoms in total. The highest BCUT2D eigenvalue weighted by Crippen LogP contribution is 2.34. The van der Waals surface area contributed by atoms with E-state index in [1.165, 1.54) is 16.9 Å². The minimum Gasteiger partial charge on any atom is -0.445 e. The molecule has 28 heavy (non-hydrogen) atoms. The van der Waals surface area contributed by atoms with Crippen LogP contribution in [0, 0.1) is 19.8 Å². The molecule has 0 aromatic carbocycles. The molecule has 0 unspecified atom stereocenters. The Morgan fingerprint density at radius 2 is 2.11 bits per heavy atom. The van der Waals surface area contributed by atoms with Crippen LogP contribution in [0.2, 0.25) is 0 Å². The van der Waals surface area contributed by atoms with Gasteiger partial charge < -0.3 is 9.32 Å². The summed E-state index contributed by atoms with van der Waals surface area (Å²) in [6.45, 7) is 6.37. The molecule has 10 heteroatoms. The first kappa shape index (κ1) is 18.5. The zero-order valence-corrected chi connectivity index (χ0v) is 15.8. The third-order valence-electron chi connectivity index (χ3n) is 5.25. The Labute approximate surface area is 159 Å². The van der Waals surface area contributed by atoms with E-state index in [4.69, 9.17) is 4.42 Å². The number of carbonyl (C=O) groups excluding carboxylic acids is 1. The van der Waals surface area contributed by atoms with Crippen molar-refractivity contribution in [1.82, 2.24) is 29.5 Å².